The number of hydrogen-bond acceptors (Lipinski definition) is 2. The van der Waals surface area contributed by atoms with E-state index < -0.39 is 0 Å². The van der Waals surface area contributed by atoms with Gasteiger partial charge in [0.1, 0.15) is 0 Å². The molecule has 2 fully saturated rings. The second-order valence-corrected chi connectivity index (χ2v) is 6.43. The van der Waals surface area contributed by atoms with Crippen molar-refractivity contribution in [3.63, 3.8) is 0 Å². The Kier molecular flexibility index (Phi) is 5.97. The second kappa shape index (κ2) is 7.49. The second-order valence-electron chi connectivity index (χ2n) is 6.43. The molecule has 2 nitrogen and oxygen atoms in total. The van der Waals surface area contributed by atoms with Gasteiger partial charge in [0.05, 0.1) is 0 Å². The molecule has 1 heterocycles. The Morgan fingerprint density at radius 3 is 2.78 bits per heavy atom. The van der Waals surface area contributed by atoms with E-state index in [4.69, 9.17) is 4.74 Å². The molecule has 1 aliphatic carbocycles. The van der Waals surface area contributed by atoms with Crippen molar-refractivity contribution in [2.75, 3.05) is 26.8 Å². The molecule has 4 unspecified atom stereocenters. The molecule has 0 aromatic heterocycles. The van der Waals surface area contributed by atoms with Crippen molar-refractivity contribution < 1.29 is 4.74 Å². The lowest BCUT2D eigenvalue weighted by molar-refractivity contribution is -0.00325. The number of rotatable bonds is 5. The van der Waals surface area contributed by atoms with E-state index in [1.807, 2.05) is 0 Å². The summed E-state index contributed by atoms with van der Waals surface area (Å²) in [7, 11) is 2.10. The lowest BCUT2D eigenvalue weighted by atomic mass is 9.66. The van der Waals surface area contributed by atoms with Crippen LogP contribution in [0.15, 0.2) is 0 Å². The Morgan fingerprint density at radius 1 is 1.22 bits per heavy atom. The van der Waals surface area contributed by atoms with Gasteiger partial charge in [-0.2, -0.15) is 0 Å². The predicted octanol–water partition coefficient (Wildman–Crippen LogP) is 3.47. The van der Waals surface area contributed by atoms with Crippen molar-refractivity contribution >= 4 is 0 Å². The first-order valence-corrected chi connectivity index (χ1v) is 8.07. The van der Waals surface area contributed by atoms with Gasteiger partial charge in [0.15, 0.2) is 0 Å². The zero-order valence-corrected chi connectivity index (χ0v) is 12.3. The van der Waals surface area contributed by atoms with Crippen molar-refractivity contribution in [2.24, 2.45) is 23.7 Å². The normalized spacial score (nSPS) is 37.7. The molecule has 0 bridgehead atoms. The highest BCUT2D eigenvalue weighted by Crippen LogP contribution is 2.42. The molecule has 0 aromatic rings. The van der Waals surface area contributed by atoms with E-state index in [2.05, 4.69) is 19.3 Å². The third kappa shape index (κ3) is 3.71. The van der Waals surface area contributed by atoms with Crippen molar-refractivity contribution in [1.29, 1.82) is 0 Å². The van der Waals surface area contributed by atoms with E-state index in [1.54, 1.807) is 0 Å². The lowest BCUT2D eigenvalue weighted by Crippen LogP contribution is -2.38. The molecule has 1 aliphatic heterocycles. The van der Waals surface area contributed by atoms with Crippen LogP contribution in [0.2, 0.25) is 0 Å². The minimum absolute atomic E-state index is 0.844. The van der Waals surface area contributed by atoms with Gasteiger partial charge in [0.2, 0.25) is 0 Å². The third-order valence-electron chi connectivity index (χ3n) is 5.12. The number of ether oxygens (including phenoxy) is 1. The van der Waals surface area contributed by atoms with E-state index in [-0.39, 0.29) is 0 Å². The van der Waals surface area contributed by atoms with Gasteiger partial charge in [-0.1, -0.05) is 26.2 Å². The van der Waals surface area contributed by atoms with Crippen LogP contribution in [-0.2, 0) is 4.74 Å². The van der Waals surface area contributed by atoms with Crippen LogP contribution in [0.1, 0.15) is 51.9 Å². The molecule has 0 radical (unpaired) electrons. The summed E-state index contributed by atoms with van der Waals surface area (Å²) in [6, 6.07) is 0. The van der Waals surface area contributed by atoms with Crippen molar-refractivity contribution in [3.05, 3.63) is 0 Å². The van der Waals surface area contributed by atoms with E-state index in [0.717, 1.165) is 36.9 Å². The molecular formula is C16H31NO. The summed E-state index contributed by atoms with van der Waals surface area (Å²) in [5, 5.41) is 3.41. The molecule has 2 heteroatoms. The molecule has 2 rings (SSSR count). The first kappa shape index (κ1) is 14.3. The average Bonchev–Trinajstić information content (AvgIpc) is 2.42. The first-order valence-electron chi connectivity index (χ1n) is 8.07. The highest BCUT2D eigenvalue weighted by Gasteiger charge is 2.35. The van der Waals surface area contributed by atoms with E-state index >= 15 is 0 Å². The van der Waals surface area contributed by atoms with E-state index in [9.17, 15) is 0 Å². The Hall–Kier alpha value is -0.0800. The van der Waals surface area contributed by atoms with Crippen molar-refractivity contribution in [3.8, 4) is 0 Å². The Labute approximate surface area is 113 Å². The maximum absolute atomic E-state index is 5.74. The predicted molar refractivity (Wildman–Crippen MR) is 76.7 cm³/mol. The maximum Gasteiger partial charge on any atom is 0.0497 e. The Balaban J connectivity index is 1.94. The summed E-state index contributed by atoms with van der Waals surface area (Å²) in [6.45, 7) is 5.57. The monoisotopic (exact) mass is 253 g/mol. The highest BCUT2D eigenvalue weighted by molar-refractivity contribution is 4.86. The topological polar surface area (TPSA) is 21.3 Å². The fourth-order valence-electron chi connectivity index (χ4n) is 4.23. The van der Waals surface area contributed by atoms with Gasteiger partial charge in [0, 0.05) is 13.2 Å². The van der Waals surface area contributed by atoms with E-state index in [0.29, 0.717) is 0 Å². The first-order chi connectivity index (χ1) is 8.85. The lowest BCUT2D eigenvalue weighted by Gasteiger charge is -2.42. The molecule has 2 aliphatic rings. The van der Waals surface area contributed by atoms with Crippen LogP contribution in [0.5, 0.6) is 0 Å². The zero-order valence-electron chi connectivity index (χ0n) is 12.3. The molecule has 1 saturated carbocycles. The van der Waals surface area contributed by atoms with E-state index in [1.165, 1.54) is 51.5 Å². The van der Waals surface area contributed by atoms with Gasteiger partial charge in [-0.15, -0.1) is 0 Å². The summed E-state index contributed by atoms with van der Waals surface area (Å²) >= 11 is 0. The van der Waals surface area contributed by atoms with Crippen LogP contribution < -0.4 is 5.32 Å². The van der Waals surface area contributed by atoms with Gasteiger partial charge in [0.25, 0.3) is 0 Å². The third-order valence-corrected chi connectivity index (χ3v) is 5.12. The molecule has 0 spiro atoms. The standard InChI is InChI=1S/C16H31NO/c1-3-5-13-7-8-14(11-17-2)16(10-13)15-6-4-9-18-12-15/h13-17H,3-12H2,1-2H3. The summed E-state index contributed by atoms with van der Waals surface area (Å²) in [5.74, 6) is 3.66. The van der Waals surface area contributed by atoms with Crippen LogP contribution in [0.3, 0.4) is 0 Å². The average molecular weight is 253 g/mol. The molecular weight excluding hydrogens is 222 g/mol. The quantitative estimate of drug-likeness (QED) is 0.810. The molecule has 1 N–H and O–H groups in total. The van der Waals surface area contributed by atoms with Crippen LogP contribution in [0, 0.1) is 23.7 Å². The van der Waals surface area contributed by atoms with Crippen LogP contribution in [0.25, 0.3) is 0 Å². The van der Waals surface area contributed by atoms with Gasteiger partial charge in [-0.05, 0) is 62.9 Å². The van der Waals surface area contributed by atoms with Crippen LogP contribution in [-0.4, -0.2) is 26.8 Å². The largest absolute Gasteiger partial charge is 0.381 e. The van der Waals surface area contributed by atoms with Crippen LogP contribution in [0.4, 0.5) is 0 Å². The summed E-state index contributed by atoms with van der Waals surface area (Å²) in [5.41, 5.74) is 0. The SMILES string of the molecule is CCCC1CCC(CNC)C(C2CCCOC2)C1. The minimum Gasteiger partial charge on any atom is -0.381 e. The zero-order chi connectivity index (χ0) is 12.8. The fourth-order valence-corrected chi connectivity index (χ4v) is 4.23. The molecule has 0 aromatic carbocycles. The van der Waals surface area contributed by atoms with Gasteiger partial charge in [-0.25, -0.2) is 0 Å². The van der Waals surface area contributed by atoms with Gasteiger partial charge < -0.3 is 10.1 Å². The maximum atomic E-state index is 5.74. The summed E-state index contributed by atoms with van der Waals surface area (Å²) in [6.07, 6.45) is 9.85. The number of hydrogen-bond donors (Lipinski definition) is 1. The van der Waals surface area contributed by atoms with Crippen molar-refractivity contribution in [1.82, 2.24) is 5.32 Å². The molecule has 1 saturated heterocycles. The van der Waals surface area contributed by atoms with Gasteiger partial charge in [-0.3, -0.25) is 0 Å². The molecule has 18 heavy (non-hydrogen) atoms. The molecule has 0 amide bonds. The smallest absolute Gasteiger partial charge is 0.0497 e. The summed E-state index contributed by atoms with van der Waals surface area (Å²) in [4.78, 5) is 0. The Bertz CT molecular complexity index is 220. The fraction of sp³-hybridized carbons (Fsp3) is 1.00. The number of nitrogens with one attached hydrogen (secondary N) is 1. The molecule has 4 atom stereocenters. The Morgan fingerprint density at radius 2 is 2.11 bits per heavy atom. The van der Waals surface area contributed by atoms with Crippen molar-refractivity contribution in [2.45, 2.75) is 51.9 Å². The van der Waals surface area contributed by atoms with Gasteiger partial charge >= 0.3 is 0 Å². The molecule has 106 valence electrons. The minimum atomic E-state index is 0.844. The summed E-state index contributed by atoms with van der Waals surface area (Å²) < 4.78 is 5.74. The van der Waals surface area contributed by atoms with Crippen LogP contribution >= 0.6 is 0 Å². The highest BCUT2D eigenvalue weighted by atomic mass is 16.5.